The number of carbonyl (C=O) groups excluding carboxylic acids is 2. The van der Waals surface area contributed by atoms with Crippen LogP contribution in [0.25, 0.3) is 0 Å². The van der Waals surface area contributed by atoms with Gasteiger partial charge in [-0.25, -0.2) is 13.1 Å². The number of sulfonamides is 1. The van der Waals surface area contributed by atoms with E-state index in [1.165, 1.54) is 32.7 Å². The van der Waals surface area contributed by atoms with Crippen LogP contribution in [-0.4, -0.2) is 94.9 Å². The summed E-state index contributed by atoms with van der Waals surface area (Å²) in [5.41, 5.74) is 0.294. The molecule has 2 fully saturated rings. The monoisotopic (exact) mass is 438 g/mol. The SMILES string of the molecule is CNS(=O)(=O)c1cc(C(=O)N2CCN(CC(=O)N3CCCCC3)CC2)ccc1OC. The average molecular weight is 439 g/mol. The van der Waals surface area contributed by atoms with Gasteiger partial charge >= 0.3 is 0 Å². The third-order valence-electron chi connectivity index (χ3n) is 5.70. The molecule has 2 heterocycles. The van der Waals surface area contributed by atoms with Gasteiger partial charge in [-0.3, -0.25) is 14.5 Å². The van der Waals surface area contributed by atoms with E-state index in [-0.39, 0.29) is 22.5 Å². The molecule has 10 heteroatoms. The van der Waals surface area contributed by atoms with Gasteiger partial charge in [-0.1, -0.05) is 0 Å². The molecule has 2 aliphatic heterocycles. The quantitative estimate of drug-likeness (QED) is 0.689. The Balaban J connectivity index is 1.61. The Morgan fingerprint density at radius 2 is 1.67 bits per heavy atom. The summed E-state index contributed by atoms with van der Waals surface area (Å²) in [7, 11) is -1.06. The number of rotatable bonds is 6. The molecule has 30 heavy (non-hydrogen) atoms. The highest BCUT2D eigenvalue weighted by atomic mass is 32.2. The van der Waals surface area contributed by atoms with E-state index in [1.807, 2.05) is 4.90 Å². The van der Waals surface area contributed by atoms with Crippen LogP contribution in [0.2, 0.25) is 0 Å². The number of hydrogen-bond acceptors (Lipinski definition) is 6. The highest BCUT2D eigenvalue weighted by Gasteiger charge is 2.27. The molecule has 1 aromatic carbocycles. The van der Waals surface area contributed by atoms with E-state index in [1.54, 1.807) is 11.0 Å². The van der Waals surface area contributed by atoms with Crippen molar-refractivity contribution in [3.8, 4) is 5.75 Å². The minimum atomic E-state index is -3.76. The van der Waals surface area contributed by atoms with Crippen molar-refractivity contribution in [3.63, 3.8) is 0 Å². The van der Waals surface area contributed by atoms with Gasteiger partial charge in [-0.2, -0.15) is 0 Å². The van der Waals surface area contributed by atoms with E-state index in [0.29, 0.717) is 38.3 Å². The summed E-state index contributed by atoms with van der Waals surface area (Å²) in [6.07, 6.45) is 3.33. The van der Waals surface area contributed by atoms with Gasteiger partial charge < -0.3 is 14.5 Å². The molecular weight excluding hydrogens is 408 g/mol. The van der Waals surface area contributed by atoms with Gasteiger partial charge in [-0.05, 0) is 44.5 Å². The molecule has 0 saturated carbocycles. The van der Waals surface area contributed by atoms with Crippen LogP contribution in [0.1, 0.15) is 29.6 Å². The zero-order chi connectivity index (χ0) is 21.7. The Kier molecular flexibility index (Phi) is 7.32. The molecule has 0 aromatic heterocycles. The van der Waals surface area contributed by atoms with Crippen molar-refractivity contribution in [3.05, 3.63) is 23.8 Å². The number of carbonyl (C=O) groups is 2. The summed E-state index contributed by atoms with van der Waals surface area (Å²) in [5, 5.41) is 0. The predicted octanol–water partition coefficient (Wildman–Crippen LogP) is 0.374. The number of methoxy groups -OCH3 is 1. The number of piperazine rings is 1. The first kappa shape index (κ1) is 22.5. The molecule has 0 radical (unpaired) electrons. The van der Waals surface area contributed by atoms with Crippen molar-refractivity contribution in [1.82, 2.24) is 19.4 Å². The van der Waals surface area contributed by atoms with Crippen LogP contribution >= 0.6 is 0 Å². The Labute approximate surface area is 178 Å². The topological polar surface area (TPSA) is 99.3 Å². The smallest absolute Gasteiger partial charge is 0.253 e. The Hall–Kier alpha value is -2.17. The predicted molar refractivity (Wildman–Crippen MR) is 112 cm³/mol. The lowest BCUT2D eigenvalue weighted by Crippen LogP contribution is -2.52. The van der Waals surface area contributed by atoms with Gasteiger partial charge in [0.05, 0.1) is 13.7 Å². The maximum atomic E-state index is 12.9. The fourth-order valence-corrected chi connectivity index (χ4v) is 4.77. The lowest BCUT2D eigenvalue weighted by Gasteiger charge is -2.36. The second kappa shape index (κ2) is 9.76. The molecule has 1 aromatic rings. The van der Waals surface area contributed by atoms with Gasteiger partial charge in [0, 0.05) is 44.8 Å². The zero-order valence-corrected chi connectivity index (χ0v) is 18.4. The second-order valence-corrected chi connectivity index (χ2v) is 9.44. The molecule has 0 bridgehead atoms. The average Bonchev–Trinajstić information content (AvgIpc) is 2.79. The number of nitrogens with zero attached hydrogens (tertiary/aromatic N) is 3. The van der Waals surface area contributed by atoms with Crippen molar-refractivity contribution >= 4 is 21.8 Å². The van der Waals surface area contributed by atoms with Crippen LogP contribution in [0.15, 0.2) is 23.1 Å². The fourth-order valence-electron chi connectivity index (χ4n) is 3.86. The fraction of sp³-hybridized carbons (Fsp3) is 0.600. The highest BCUT2D eigenvalue weighted by Crippen LogP contribution is 2.25. The van der Waals surface area contributed by atoms with Crippen LogP contribution in [0.3, 0.4) is 0 Å². The van der Waals surface area contributed by atoms with Crippen molar-refractivity contribution in [2.75, 3.05) is 60.0 Å². The molecule has 2 amide bonds. The minimum Gasteiger partial charge on any atom is -0.495 e. The van der Waals surface area contributed by atoms with Gasteiger partial charge in [0.15, 0.2) is 0 Å². The minimum absolute atomic E-state index is 0.0656. The number of amides is 2. The van der Waals surface area contributed by atoms with Crippen molar-refractivity contribution in [1.29, 1.82) is 0 Å². The summed E-state index contributed by atoms with van der Waals surface area (Å²) in [6.45, 7) is 4.28. The first-order valence-electron chi connectivity index (χ1n) is 10.3. The molecule has 2 saturated heterocycles. The van der Waals surface area contributed by atoms with Gasteiger partial charge in [0.25, 0.3) is 5.91 Å². The lowest BCUT2D eigenvalue weighted by atomic mass is 10.1. The lowest BCUT2D eigenvalue weighted by molar-refractivity contribution is -0.133. The van der Waals surface area contributed by atoms with Gasteiger partial charge in [-0.15, -0.1) is 0 Å². The van der Waals surface area contributed by atoms with E-state index < -0.39 is 10.0 Å². The number of piperidine rings is 1. The van der Waals surface area contributed by atoms with Crippen LogP contribution in [0.4, 0.5) is 0 Å². The van der Waals surface area contributed by atoms with E-state index in [2.05, 4.69) is 9.62 Å². The second-order valence-electron chi connectivity index (χ2n) is 7.58. The van der Waals surface area contributed by atoms with E-state index >= 15 is 0 Å². The van der Waals surface area contributed by atoms with E-state index in [9.17, 15) is 18.0 Å². The Morgan fingerprint density at radius 1 is 1.00 bits per heavy atom. The first-order valence-corrected chi connectivity index (χ1v) is 11.7. The molecule has 0 spiro atoms. The number of benzene rings is 1. The van der Waals surface area contributed by atoms with Crippen molar-refractivity contribution in [2.24, 2.45) is 0 Å². The molecule has 3 rings (SSSR count). The molecule has 9 nitrogen and oxygen atoms in total. The van der Waals surface area contributed by atoms with Crippen LogP contribution in [-0.2, 0) is 14.8 Å². The molecule has 0 atom stereocenters. The summed E-state index contributed by atoms with van der Waals surface area (Å²) in [4.78, 5) is 31.0. The molecule has 1 N–H and O–H groups in total. The number of nitrogens with one attached hydrogen (secondary N) is 1. The van der Waals surface area contributed by atoms with Crippen LogP contribution in [0, 0.1) is 0 Å². The summed E-state index contributed by atoms with van der Waals surface area (Å²) in [6, 6.07) is 4.41. The normalized spacial score (nSPS) is 18.3. The molecule has 0 aliphatic carbocycles. The molecule has 2 aliphatic rings. The number of likely N-dealkylation sites (tertiary alicyclic amines) is 1. The summed E-state index contributed by atoms with van der Waals surface area (Å²) < 4.78 is 31.9. The van der Waals surface area contributed by atoms with Crippen molar-refractivity contribution < 1.29 is 22.7 Å². The standard InChI is InChI=1S/C20H30N4O5S/c1-21-30(27,28)18-14-16(6-7-17(18)29-2)20(26)24-12-10-22(11-13-24)15-19(25)23-8-4-3-5-9-23/h6-7,14,21H,3-5,8-13,15H2,1-2H3. The summed E-state index contributed by atoms with van der Waals surface area (Å²) in [5.74, 6) is 0.112. The Morgan fingerprint density at radius 3 is 2.27 bits per heavy atom. The largest absolute Gasteiger partial charge is 0.495 e. The first-order chi connectivity index (χ1) is 14.4. The van der Waals surface area contributed by atoms with E-state index in [4.69, 9.17) is 4.74 Å². The Bertz CT molecular complexity index is 875. The van der Waals surface area contributed by atoms with Gasteiger partial charge in [0.2, 0.25) is 15.9 Å². The third kappa shape index (κ3) is 5.11. The van der Waals surface area contributed by atoms with Crippen LogP contribution in [0.5, 0.6) is 5.75 Å². The number of hydrogen-bond donors (Lipinski definition) is 1. The highest BCUT2D eigenvalue weighted by molar-refractivity contribution is 7.89. The molecular formula is C20H30N4O5S. The van der Waals surface area contributed by atoms with Crippen molar-refractivity contribution in [2.45, 2.75) is 24.2 Å². The zero-order valence-electron chi connectivity index (χ0n) is 17.6. The number of ether oxygens (including phenoxy) is 1. The molecule has 0 unspecified atom stereocenters. The van der Waals surface area contributed by atoms with Gasteiger partial charge in [0.1, 0.15) is 10.6 Å². The maximum absolute atomic E-state index is 12.9. The maximum Gasteiger partial charge on any atom is 0.253 e. The summed E-state index contributed by atoms with van der Waals surface area (Å²) >= 11 is 0. The van der Waals surface area contributed by atoms with Crippen LogP contribution < -0.4 is 9.46 Å². The third-order valence-corrected chi connectivity index (χ3v) is 7.13. The molecule has 166 valence electrons. The van der Waals surface area contributed by atoms with E-state index in [0.717, 1.165) is 25.9 Å².